The number of hydrogen-bond donors (Lipinski definition) is 1. The molecule has 0 spiro atoms. The van der Waals surface area contributed by atoms with Crippen molar-refractivity contribution in [3.8, 4) is 0 Å². The normalized spacial score (nSPS) is 20.7. The third-order valence-corrected chi connectivity index (χ3v) is 2.46. The average molecular weight is 204 g/mol. The Morgan fingerprint density at radius 2 is 2.33 bits per heavy atom. The fraction of sp³-hybridized carbons (Fsp3) is 0.273. The van der Waals surface area contributed by atoms with Crippen molar-refractivity contribution < 1.29 is 14.7 Å². The number of benzene rings is 1. The van der Waals surface area contributed by atoms with Crippen molar-refractivity contribution in [3.63, 3.8) is 0 Å². The number of carbonyl (C=O) groups excluding carboxylic acids is 1. The molecule has 1 fully saturated rings. The van der Waals surface area contributed by atoms with Gasteiger partial charge in [-0.25, -0.2) is 0 Å². The maximum atomic E-state index is 11.5. The van der Waals surface area contributed by atoms with Gasteiger partial charge in [-0.15, -0.1) is 0 Å². The molecule has 1 unspecified atom stereocenters. The number of anilines is 1. The number of rotatable bonds is 2. The standard InChI is InChI=1S/C11H10NO3/c13-10-6-8(11(14)15)7-12(10)9-4-2-1-3-5-9/h1-4,8H,6-7H2,(H,14,15). The minimum Gasteiger partial charge on any atom is -0.481 e. The van der Waals surface area contributed by atoms with Crippen molar-refractivity contribution in [2.75, 3.05) is 11.4 Å². The maximum Gasteiger partial charge on any atom is 0.308 e. The largest absolute Gasteiger partial charge is 0.481 e. The van der Waals surface area contributed by atoms with Crippen LogP contribution >= 0.6 is 0 Å². The van der Waals surface area contributed by atoms with Gasteiger partial charge in [0.1, 0.15) is 0 Å². The van der Waals surface area contributed by atoms with E-state index in [4.69, 9.17) is 5.11 Å². The van der Waals surface area contributed by atoms with Gasteiger partial charge in [-0.2, -0.15) is 0 Å². The summed E-state index contributed by atoms with van der Waals surface area (Å²) in [6.45, 7) is 0.245. The molecule has 1 atom stereocenters. The summed E-state index contributed by atoms with van der Waals surface area (Å²) < 4.78 is 0. The second kappa shape index (κ2) is 3.73. The maximum absolute atomic E-state index is 11.5. The third-order valence-electron chi connectivity index (χ3n) is 2.46. The molecule has 0 saturated carbocycles. The summed E-state index contributed by atoms with van der Waals surface area (Å²) in [4.78, 5) is 23.7. The quantitative estimate of drug-likeness (QED) is 0.779. The molecular formula is C11H10NO3. The first kappa shape index (κ1) is 9.71. The summed E-state index contributed by atoms with van der Waals surface area (Å²) in [6.07, 6.45) is 0.0814. The number of aliphatic carboxylic acids is 1. The Morgan fingerprint density at radius 3 is 2.87 bits per heavy atom. The van der Waals surface area contributed by atoms with E-state index < -0.39 is 11.9 Å². The number of carboxylic acid groups (broad SMARTS) is 1. The molecule has 0 aliphatic carbocycles. The van der Waals surface area contributed by atoms with Crippen LogP contribution in [0, 0.1) is 12.0 Å². The number of nitrogens with zero attached hydrogens (tertiary/aromatic N) is 1. The summed E-state index contributed by atoms with van der Waals surface area (Å²) in [6, 6.07) is 9.97. The zero-order valence-corrected chi connectivity index (χ0v) is 8.01. The topological polar surface area (TPSA) is 57.6 Å². The van der Waals surface area contributed by atoms with Gasteiger partial charge < -0.3 is 10.0 Å². The number of amides is 1. The van der Waals surface area contributed by atoms with E-state index in [1.807, 2.05) is 0 Å². The van der Waals surface area contributed by atoms with Crippen LogP contribution in [-0.4, -0.2) is 23.5 Å². The Balaban J connectivity index is 2.19. The molecule has 1 aromatic carbocycles. The van der Waals surface area contributed by atoms with Crippen molar-refractivity contribution in [3.05, 3.63) is 30.3 Å². The van der Waals surface area contributed by atoms with Crippen LogP contribution in [-0.2, 0) is 9.59 Å². The molecule has 2 rings (SSSR count). The van der Waals surface area contributed by atoms with Gasteiger partial charge in [-0.3, -0.25) is 9.59 Å². The van der Waals surface area contributed by atoms with Crippen LogP contribution in [0.15, 0.2) is 24.3 Å². The van der Waals surface area contributed by atoms with E-state index in [1.54, 1.807) is 24.3 Å². The van der Waals surface area contributed by atoms with Crippen molar-refractivity contribution in [2.45, 2.75) is 6.42 Å². The van der Waals surface area contributed by atoms with E-state index in [0.717, 1.165) is 0 Å². The summed E-state index contributed by atoms with van der Waals surface area (Å²) in [5.74, 6) is -1.65. The minimum atomic E-state index is -0.915. The molecule has 77 valence electrons. The second-order valence-corrected chi connectivity index (χ2v) is 3.49. The van der Waals surface area contributed by atoms with Crippen LogP contribution in [0.1, 0.15) is 6.42 Å². The molecule has 4 nitrogen and oxygen atoms in total. The van der Waals surface area contributed by atoms with Crippen molar-refractivity contribution in [1.82, 2.24) is 0 Å². The van der Waals surface area contributed by atoms with E-state index in [9.17, 15) is 9.59 Å². The molecule has 0 aromatic heterocycles. The van der Waals surface area contributed by atoms with Crippen LogP contribution in [0.25, 0.3) is 0 Å². The van der Waals surface area contributed by atoms with Gasteiger partial charge in [0.2, 0.25) is 5.91 Å². The molecule has 1 N–H and O–H groups in total. The van der Waals surface area contributed by atoms with Crippen molar-refractivity contribution in [2.24, 2.45) is 5.92 Å². The summed E-state index contributed by atoms with van der Waals surface area (Å²) >= 11 is 0. The molecule has 1 aliphatic rings. The molecule has 1 aromatic rings. The smallest absolute Gasteiger partial charge is 0.308 e. The Labute approximate surface area is 87.1 Å². The van der Waals surface area contributed by atoms with Gasteiger partial charge in [0.25, 0.3) is 0 Å². The molecule has 0 bridgehead atoms. The highest BCUT2D eigenvalue weighted by molar-refractivity contribution is 5.99. The summed E-state index contributed by atoms with van der Waals surface area (Å²) in [7, 11) is 0. The second-order valence-electron chi connectivity index (χ2n) is 3.49. The van der Waals surface area contributed by atoms with E-state index >= 15 is 0 Å². The first-order valence-electron chi connectivity index (χ1n) is 4.68. The molecule has 1 heterocycles. The Hall–Kier alpha value is -1.84. The lowest BCUT2D eigenvalue weighted by Gasteiger charge is -2.15. The van der Waals surface area contributed by atoms with Crippen molar-refractivity contribution in [1.29, 1.82) is 0 Å². The van der Waals surface area contributed by atoms with Gasteiger partial charge >= 0.3 is 5.97 Å². The summed E-state index contributed by atoms with van der Waals surface area (Å²) in [5.41, 5.74) is 0.645. The molecule has 1 saturated heterocycles. The molecule has 1 radical (unpaired) electrons. The fourth-order valence-corrected chi connectivity index (χ4v) is 1.66. The SMILES string of the molecule is O=C(O)C1CC(=O)N(c2[c]cccc2)C1. The predicted molar refractivity (Wildman–Crippen MR) is 53.4 cm³/mol. The lowest BCUT2D eigenvalue weighted by Crippen LogP contribution is -2.25. The van der Waals surface area contributed by atoms with Crippen LogP contribution in [0.2, 0.25) is 0 Å². The number of carboxylic acids is 1. The Bertz CT molecular complexity index is 388. The van der Waals surface area contributed by atoms with E-state index in [2.05, 4.69) is 6.07 Å². The van der Waals surface area contributed by atoms with Crippen molar-refractivity contribution >= 4 is 17.6 Å². The predicted octanol–water partition coefficient (Wildman–Crippen LogP) is 0.924. The first-order chi connectivity index (χ1) is 7.18. The van der Waals surface area contributed by atoms with Crippen LogP contribution in [0.4, 0.5) is 5.69 Å². The Morgan fingerprint density at radius 1 is 1.53 bits per heavy atom. The molecule has 15 heavy (non-hydrogen) atoms. The van der Waals surface area contributed by atoms with Gasteiger partial charge in [0, 0.05) is 19.0 Å². The average Bonchev–Trinajstić information content (AvgIpc) is 2.62. The number of hydrogen-bond acceptors (Lipinski definition) is 2. The molecule has 1 aliphatic heterocycles. The van der Waals surface area contributed by atoms with Gasteiger partial charge in [0.15, 0.2) is 0 Å². The molecule has 4 heteroatoms. The highest BCUT2D eigenvalue weighted by Crippen LogP contribution is 2.24. The summed E-state index contributed by atoms with van der Waals surface area (Å²) in [5, 5.41) is 8.81. The highest BCUT2D eigenvalue weighted by Gasteiger charge is 2.34. The zero-order valence-electron chi connectivity index (χ0n) is 8.01. The van der Waals surface area contributed by atoms with Gasteiger partial charge in [-0.1, -0.05) is 18.2 Å². The van der Waals surface area contributed by atoms with E-state index in [0.29, 0.717) is 5.69 Å². The lowest BCUT2D eigenvalue weighted by atomic mass is 10.1. The van der Waals surface area contributed by atoms with Gasteiger partial charge in [0.05, 0.1) is 11.6 Å². The van der Waals surface area contributed by atoms with E-state index in [-0.39, 0.29) is 18.9 Å². The number of carbonyl (C=O) groups is 2. The van der Waals surface area contributed by atoms with Crippen LogP contribution in [0.5, 0.6) is 0 Å². The van der Waals surface area contributed by atoms with Crippen LogP contribution < -0.4 is 4.90 Å². The first-order valence-corrected chi connectivity index (χ1v) is 4.68. The van der Waals surface area contributed by atoms with E-state index in [1.165, 1.54) is 4.90 Å². The zero-order chi connectivity index (χ0) is 10.8. The van der Waals surface area contributed by atoms with Crippen LogP contribution in [0.3, 0.4) is 0 Å². The Kier molecular flexibility index (Phi) is 2.41. The third kappa shape index (κ3) is 1.83. The number of para-hydroxylation sites is 1. The molecule has 1 amide bonds. The molecular weight excluding hydrogens is 194 g/mol. The monoisotopic (exact) mass is 204 g/mol. The fourth-order valence-electron chi connectivity index (χ4n) is 1.66. The minimum absolute atomic E-state index is 0.0814. The lowest BCUT2D eigenvalue weighted by molar-refractivity contribution is -0.141. The van der Waals surface area contributed by atoms with Gasteiger partial charge in [-0.05, 0) is 6.07 Å². The highest BCUT2D eigenvalue weighted by atomic mass is 16.4.